The van der Waals surface area contributed by atoms with Crippen molar-refractivity contribution < 1.29 is 9.90 Å². The van der Waals surface area contributed by atoms with Crippen molar-refractivity contribution in [2.24, 2.45) is 0 Å². The summed E-state index contributed by atoms with van der Waals surface area (Å²) in [4.78, 5) is 16.9. The number of nitrogens with two attached hydrogens (primary N) is 1. The van der Waals surface area contributed by atoms with E-state index in [-0.39, 0.29) is 0 Å². The van der Waals surface area contributed by atoms with Gasteiger partial charge >= 0.3 is 6.09 Å². The third-order valence-electron chi connectivity index (χ3n) is 3.23. The lowest BCUT2D eigenvalue weighted by Crippen LogP contribution is -2.44. The fourth-order valence-electron chi connectivity index (χ4n) is 2.09. The molecule has 22 heavy (non-hydrogen) atoms. The van der Waals surface area contributed by atoms with Gasteiger partial charge in [-0.1, -0.05) is 12.2 Å². The summed E-state index contributed by atoms with van der Waals surface area (Å²) in [5.41, 5.74) is 6.38. The molecule has 0 saturated heterocycles. The van der Waals surface area contributed by atoms with Crippen LogP contribution in [0, 0.1) is 0 Å². The summed E-state index contributed by atoms with van der Waals surface area (Å²) in [6, 6.07) is 0. The van der Waals surface area contributed by atoms with Gasteiger partial charge in [0.15, 0.2) is 0 Å². The summed E-state index contributed by atoms with van der Waals surface area (Å²) in [5, 5.41) is 12.1. The van der Waals surface area contributed by atoms with Crippen molar-refractivity contribution in [3.8, 4) is 0 Å². The third-order valence-corrected chi connectivity index (χ3v) is 5.19. The maximum absolute atomic E-state index is 11.3. The Morgan fingerprint density at radius 1 is 1.55 bits per heavy atom. The largest absolute Gasteiger partial charge is 0.465 e. The standard InChI is InChI=1S/C15H18BrN3O2S/c1-15(2,3)19(14(20)21)6-4-5-9-7-18-13(17)11-10(16)8-22-12(9)11/h4-5,7-8H,6H2,1-3H3,(H2,17,18)(H,20,21)/b5-4+. The highest BCUT2D eigenvalue weighted by Crippen LogP contribution is 2.36. The van der Waals surface area contributed by atoms with Crippen LogP contribution in [0.2, 0.25) is 0 Å². The van der Waals surface area contributed by atoms with Crippen LogP contribution in [0.25, 0.3) is 16.2 Å². The second kappa shape index (κ2) is 6.26. The Hall–Kier alpha value is -1.60. The number of halogens is 1. The maximum atomic E-state index is 11.3. The van der Waals surface area contributed by atoms with E-state index in [1.54, 1.807) is 17.5 Å². The molecule has 0 aliphatic rings. The molecule has 7 heteroatoms. The van der Waals surface area contributed by atoms with Crippen LogP contribution in [0.15, 0.2) is 22.1 Å². The van der Waals surface area contributed by atoms with Crippen molar-refractivity contribution in [3.05, 3.63) is 27.7 Å². The third kappa shape index (κ3) is 3.41. The highest BCUT2D eigenvalue weighted by Gasteiger charge is 2.24. The Morgan fingerprint density at radius 2 is 2.23 bits per heavy atom. The molecule has 0 atom stereocenters. The van der Waals surface area contributed by atoms with Crippen LogP contribution in [0.4, 0.5) is 10.6 Å². The van der Waals surface area contributed by atoms with E-state index >= 15 is 0 Å². The first kappa shape index (κ1) is 16.8. The minimum Gasteiger partial charge on any atom is -0.465 e. The predicted molar refractivity (Wildman–Crippen MR) is 95.3 cm³/mol. The summed E-state index contributed by atoms with van der Waals surface area (Å²) in [5.74, 6) is 0.488. The highest BCUT2D eigenvalue weighted by molar-refractivity contribution is 9.10. The van der Waals surface area contributed by atoms with E-state index in [9.17, 15) is 9.90 Å². The summed E-state index contributed by atoms with van der Waals surface area (Å²) >= 11 is 5.05. The molecule has 2 aromatic rings. The number of aromatic nitrogens is 1. The highest BCUT2D eigenvalue weighted by atomic mass is 79.9. The molecule has 1 amide bonds. The number of fused-ring (bicyclic) bond motifs is 1. The van der Waals surface area contributed by atoms with Crippen molar-refractivity contribution in [3.63, 3.8) is 0 Å². The van der Waals surface area contributed by atoms with Crippen molar-refractivity contribution >= 4 is 55.3 Å². The molecular formula is C15H18BrN3O2S. The molecule has 2 aromatic heterocycles. The van der Waals surface area contributed by atoms with Gasteiger partial charge in [0.2, 0.25) is 0 Å². The molecule has 2 rings (SSSR count). The van der Waals surface area contributed by atoms with Crippen molar-refractivity contribution in [1.82, 2.24) is 9.88 Å². The van der Waals surface area contributed by atoms with Gasteiger partial charge in [0, 0.05) is 43.8 Å². The Morgan fingerprint density at radius 3 is 2.82 bits per heavy atom. The molecule has 118 valence electrons. The van der Waals surface area contributed by atoms with Crippen molar-refractivity contribution in [2.75, 3.05) is 12.3 Å². The Bertz CT molecular complexity index is 734. The first-order valence-corrected chi connectivity index (χ1v) is 8.37. The average Bonchev–Trinajstić information content (AvgIpc) is 2.78. The van der Waals surface area contributed by atoms with Crippen LogP contribution in [-0.4, -0.2) is 33.2 Å². The van der Waals surface area contributed by atoms with Gasteiger partial charge in [-0.05, 0) is 36.7 Å². The second-order valence-corrected chi connectivity index (χ2v) is 7.59. The van der Waals surface area contributed by atoms with E-state index in [4.69, 9.17) is 5.73 Å². The second-order valence-electron chi connectivity index (χ2n) is 5.85. The smallest absolute Gasteiger partial charge is 0.408 e. The lowest BCUT2D eigenvalue weighted by molar-refractivity contribution is 0.108. The first-order valence-electron chi connectivity index (χ1n) is 6.70. The van der Waals surface area contributed by atoms with Crippen LogP contribution in [0.1, 0.15) is 26.3 Å². The van der Waals surface area contributed by atoms with Gasteiger partial charge in [0.25, 0.3) is 0 Å². The number of carboxylic acid groups (broad SMARTS) is 1. The lowest BCUT2D eigenvalue weighted by atomic mass is 10.1. The Labute approximate surface area is 141 Å². The zero-order valence-corrected chi connectivity index (χ0v) is 15.0. The summed E-state index contributed by atoms with van der Waals surface area (Å²) in [6.45, 7) is 5.92. The molecule has 0 aliphatic carbocycles. The molecule has 5 nitrogen and oxygen atoms in total. The van der Waals surface area contributed by atoms with E-state index in [0.29, 0.717) is 12.4 Å². The van der Waals surface area contributed by atoms with Crippen molar-refractivity contribution in [1.29, 1.82) is 0 Å². The average molecular weight is 384 g/mol. The number of rotatable bonds is 3. The molecule has 0 fully saturated rings. The number of hydrogen-bond donors (Lipinski definition) is 2. The van der Waals surface area contributed by atoms with Gasteiger partial charge in [-0.3, -0.25) is 4.90 Å². The predicted octanol–water partition coefficient (Wildman–Crippen LogP) is 4.43. The molecule has 0 aliphatic heterocycles. The van der Waals surface area contributed by atoms with E-state index in [0.717, 1.165) is 20.1 Å². The van der Waals surface area contributed by atoms with E-state index < -0.39 is 11.6 Å². The van der Waals surface area contributed by atoms with Crippen molar-refractivity contribution in [2.45, 2.75) is 26.3 Å². The number of anilines is 1. The summed E-state index contributed by atoms with van der Waals surface area (Å²) in [6.07, 6.45) is 4.50. The number of pyridine rings is 1. The zero-order chi connectivity index (χ0) is 16.5. The molecule has 0 aromatic carbocycles. The van der Waals surface area contributed by atoms with Gasteiger partial charge in [-0.15, -0.1) is 11.3 Å². The normalized spacial score (nSPS) is 12.2. The number of thiophene rings is 1. The SMILES string of the molecule is CC(C)(C)N(C/C=C/c1cnc(N)c2c(Br)csc12)C(=O)O. The van der Waals surface area contributed by atoms with Crippen LogP contribution < -0.4 is 5.73 Å². The van der Waals surface area contributed by atoms with Gasteiger partial charge < -0.3 is 10.8 Å². The van der Waals surface area contributed by atoms with Crippen LogP contribution in [0.5, 0.6) is 0 Å². The van der Waals surface area contributed by atoms with E-state index in [1.165, 1.54) is 4.90 Å². The summed E-state index contributed by atoms with van der Waals surface area (Å²) in [7, 11) is 0. The lowest BCUT2D eigenvalue weighted by Gasteiger charge is -2.32. The van der Waals surface area contributed by atoms with Crippen LogP contribution >= 0.6 is 27.3 Å². The minimum atomic E-state index is -0.934. The van der Waals surface area contributed by atoms with E-state index in [2.05, 4.69) is 20.9 Å². The number of nitrogen functional groups attached to an aromatic ring is 1. The quantitative estimate of drug-likeness (QED) is 0.820. The van der Waals surface area contributed by atoms with Crippen LogP contribution in [0.3, 0.4) is 0 Å². The number of hydrogen-bond acceptors (Lipinski definition) is 4. The van der Waals surface area contributed by atoms with Crippen LogP contribution in [-0.2, 0) is 0 Å². The fraction of sp³-hybridized carbons (Fsp3) is 0.333. The minimum absolute atomic E-state index is 0.317. The summed E-state index contributed by atoms with van der Waals surface area (Å²) < 4.78 is 1.96. The number of carbonyl (C=O) groups is 1. The van der Waals surface area contributed by atoms with E-state index in [1.807, 2.05) is 38.3 Å². The van der Waals surface area contributed by atoms with Gasteiger partial charge in [0.1, 0.15) is 5.82 Å². The molecule has 0 saturated carbocycles. The monoisotopic (exact) mass is 383 g/mol. The molecule has 0 unspecified atom stereocenters. The number of amides is 1. The number of nitrogens with zero attached hydrogens (tertiary/aromatic N) is 2. The molecule has 2 heterocycles. The molecule has 3 N–H and O–H groups in total. The van der Waals surface area contributed by atoms with Gasteiger partial charge in [-0.25, -0.2) is 9.78 Å². The van der Waals surface area contributed by atoms with Gasteiger partial charge in [-0.2, -0.15) is 0 Å². The Kier molecular flexibility index (Phi) is 4.77. The zero-order valence-electron chi connectivity index (χ0n) is 12.6. The maximum Gasteiger partial charge on any atom is 0.408 e. The van der Waals surface area contributed by atoms with Gasteiger partial charge in [0.05, 0.1) is 0 Å². The molecule has 0 spiro atoms. The molecular weight excluding hydrogens is 366 g/mol. The first-order chi connectivity index (χ1) is 10.2. The topological polar surface area (TPSA) is 79.5 Å². The molecule has 0 bridgehead atoms. The fourth-order valence-corrected chi connectivity index (χ4v) is 3.83. The molecule has 0 radical (unpaired) electrons. The Balaban J connectivity index is 2.28.